The van der Waals surface area contributed by atoms with Crippen molar-refractivity contribution in [3.05, 3.63) is 27.2 Å². The van der Waals surface area contributed by atoms with Crippen LogP contribution >= 0.6 is 11.3 Å². The number of urea groups is 1. The van der Waals surface area contributed by atoms with Gasteiger partial charge in [0, 0.05) is 13.0 Å². The van der Waals surface area contributed by atoms with Gasteiger partial charge < -0.3 is 15.2 Å². The molecule has 2 amide bonds. The molecule has 0 saturated carbocycles. The van der Waals surface area contributed by atoms with E-state index in [4.69, 9.17) is 0 Å². The van der Waals surface area contributed by atoms with Crippen LogP contribution in [0.1, 0.15) is 52.5 Å². The van der Waals surface area contributed by atoms with Gasteiger partial charge in [-0.05, 0) is 32.6 Å². The number of amides is 2. The van der Waals surface area contributed by atoms with E-state index >= 15 is 0 Å². The molecule has 4 rings (SSSR count). The molecule has 0 radical (unpaired) electrons. The molecule has 7 nitrogen and oxygen atoms in total. The molecule has 1 aliphatic carbocycles. The van der Waals surface area contributed by atoms with E-state index in [0.717, 1.165) is 61.0 Å². The largest absolute Gasteiger partial charge is 0.331 e. The first-order chi connectivity index (χ1) is 11.2. The fourth-order valence-corrected chi connectivity index (χ4v) is 4.45. The molecule has 122 valence electrons. The summed E-state index contributed by atoms with van der Waals surface area (Å²) in [6.45, 7) is 3.39. The van der Waals surface area contributed by atoms with Gasteiger partial charge in [-0.1, -0.05) is 0 Å². The van der Waals surface area contributed by atoms with Crippen LogP contribution in [0.3, 0.4) is 0 Å². The lowest BCUT2D eigenvalue weighted by Gasteiger charge is -2.22. The molecule has 1 aliphatic heterocycles. The molecule has 2 aromatic rings. The number of fused-ring (bicyclic) bond motifs is 2. The van der Waals surface area contributed by atoms with E-state index in [9.17, 15) is 4.79 Å². The monoisotopic (exact) mass is 332 g/mol. The lowest BCUT2D eigenvalue weighted by Crippen LogP contribution is -2.38. The summed E-state index contributed by atoms with van der Waals surface area (Å²) in [6.07, 6.45) is 5.15. The first-order valence-electron chi connectivity index (χ1n) is 8.12. The van der Waals surface area contributed by atoms with E-state index in [-0.39, 0.29) is 12.1 Å². The second-order valence-electron chi connectivity index (χ2n) is 6.10. The molecule has 23 heavy (non-hydrogen) atoms. The number of nitrogens with zero attached hydrogens (tertiary/aromatic N) is 4. The molecule has 2 aliphatic rings. The van der Waals surface area contributed by atoms with Crippen LogP contribution in [0.4, 0.5) is 4.79 Å². The molecular formula is C15H20N6OS. The SMILES string of the molecule is Cc1nc2c(s1)C(NC(=O)NCc1nnc3n1CCC3)CCC2. The van der Waals surface area contributed by atoms with E-state index in [0.29, 0.717) is 6.54 Å². The number of rotatable bonds is 3. The normalized spacial score (nSPS) is 19.3. The Hall–Kier alpha value is -1.96. The number of hydrogen-bond donors (Lipinski definition) is 2. The van der Waals surface area contributed by atoms with Gasteiger partial charge in [-0.3, -0.25) is 0 Å². The molecule has 0 bridgehead atoms. The summed E-state index contributed by atoms with van der Waals surface area (Å²) in [5.41, 5.74) is 1.15. The smallest absolute Gasteiger partial charge is 0.315 e. The highest BCUT2D eigenvalue weighted by atomic mass is 32.1. The maximum absolute atomic E-state index is 12.2. The summed E-state index contributed by atoms with van der Waals surface area (Å²) in [4.78, 5) is 18.0. The summed E-state index contributed by atoms with van der Waals surface area (Å²) < 4.78 is 2.10. The standard InChI is InChI=1S/C15H20N6OS/c1-9-17-10-4-2-5-11(14(10)23-9)18-15(22)16-8-13-20-19-12-6-3-7-21(12)13/h11H,2-8H2,1H3,(H2,16,18,22). The Morgan fingerprint density at radius 1 is 1.35 bits per heavy atom. The number of nitrogens with one attached hydrogen (secondary N) is 2. The Labute approximate surface area is 138 Å². The Morgan fingerprint density at radius 3 is 3.17 bits per heavy atom. The molecule has 0 saturated heterocycles. The van der Waals surface area contributed by atoms with Gasteiger partial charge in [-0.15, -0.1) is 21.5 Å². The first kappa shape index (κ1) is 14.6. The van der Waals surface area contributed by atoms with Gasteiger partial charge in [0.15, 0.2) is 5.82 Å². The zero-order valence-electron chi connectivity index (χ0n) is 13.1. The van der Waals surface area contributed by atoms with Crippen molar-refractivity contribution in [1.29, 1.82) is 0 Å². The van der Waals surface area contributed by atoms with Crippen molar-refractivity contribution in [1.82, 2.24) is 30.4 Å². The summed E-state index contributed by atoms with van der Waals surface area (Å²) in [6, 6.07) is -0.0710. The van der Waals surface area contributed by atoms with E-state index in [2.05, 4.69) is 30.4 Å². The van der Waals surface area contributed by atoms with Crippen LogP contribution in [-0.2, 0) is 25.9 Å². The third-order valence-corrected chi connectivity index (χ3v) is 5.58. The topological polar surface area (TPSA) is 84.7 Å². The number of aryl methyl sites for hydroxylation is 3. The van der Waals surface area contributed by atoms with Gasteiger partial charge in [-0.25, -0.2) is 9.78 Å². The van der Waals surface area contributed by atoms with Crippen LogP contribution in [0.25, 0.3) is 0 Å². The van der Waals surface area contributed by atoms with Crippen LogP contribution in [0.2, 0.25) is 0 Å². The molecule has 8 heteroatoms. The zero-order valence-corrected chi connectivity index (χ0v) is 13.9. The predicted octanol–water partition coefficient (Wildman–Crippen LogP) is 1.87. The average Bonchev–Trinajstić information content (AvgIpc) is 3.20. The number of carbonyl (C=O) groups excluding carboxylic acids is 1. The van der Waals surface area contributed by atoms with Crippen LogP contribution in [0.5, 0.6) is 0 Å². The van der Waals surface area contributed by atoms with E-state index in [1.165, 1.54) is 4.88 Å². The average molecular weight is 332 g/mol. The number of thiazole rings is 1. The molecule has 2 N–H and O–H groups in total. The van der Waals surface area contributed by atoms with Crippen molar-refractivity contribution >= 4 is 17.4 Å². The molecule has 0 fully saturated rings. The Kier molecular flexibility index (Phi) is 3.76. The quantitative estimate of drug-likeness (QED) is 0.898. The molecule has 1 unspecified atom stereocenters. The fourth-order valence-electron chi connectivity index (χ4n) is 3.39. The molecular weight excluding hydrogens is 312 g/mol. The van der Waals surface area contributed by atoms with Crippen LogP contribution in [0.15, 0.2) is 0 Å². The first-order valence-corrected chi connectivity index (χ1v) is 8.94. The van der Waals surface area contributed by atoms with Gasteiger partial charge in [0.25, 0.3) is 0 Å². The van der Waals surface area contributed by atoms with E-state index in [1.807, 2.05) is 6.92 Å². The maximum Gasteiger partial charge on any atom is 0.315 e. The van der Waals surface area contributed by atoms with Crippen LogP contribution in [0, 0.1) is 6.92 Å². The van der Waals surface area contributed by atoms with Gasteiger partial charge >= 0.3 is 6.03 Å². The van der Waals surface area contributed by atoms with Crippen molar-refractivity contribution in [2.75, 3.05) is 0 Å². The minimum Gasteiger partial charge on any atom is -0.331 e. The van der Waals surface area contributed by atoms with E-state index in [1.54, 1.807) is 11.3 Å². The molecule has 2 aromatic heterocycles. The summed E-state index contributed by atoms with van der Waals surface area (Å²) in [5.74, 6) is 1.87. The molecule has 3 heterocycles. The van der Waals surface area contributed by atoms with Crippen molar-refractivity contribution in [3.8, 4) is 0 Å². The minimum atomic E-state index is -0.149. The highest BCUT2D eigenvalue weighted by molar-refractivity contribution is 7.11. The van der Waals surface area contributed by atoms with Crippen molar-refractivity contribution in [3.63, 3.8) is 0 Å². The van der Waals surface area contributed by atoms with Gasteiger partial charge in [-0.2, -0.15) is 0 Å². The maximum atomic E-state index is 12.2. The number of aromatic nitrogens is 4. The summed E-state index contributed by atoms with van der Waals surface area (Å²) in [5, 5.41) is 15.4. The number of carbonyl (C=O) groups is 1. The van der Waals surface area contributed by atoms with Crippen molar-refractivity contribution in [2.24, 2.45) is 0 Å². The van der Waals surface area contributed by atoms with E-state index < -0.39 is 0 Å². The zero-order chi connectivity index (χ0) is 15.8. The lowest BCUT2D eigenvalue weighted by atomic mass is 9.98. The van der Waals surface area contributed by atoms with Crippen LogP contribution in [-0.4, -0.2) is 25.8 Å². The number of hydrogen-bond acceptors (Lipinski definition) is 5. The molecule has 0 aromatic carbocycles. The highest BCUT2D eigenvalue weighted by Gasteiger charge is 2.25. The van der Waals surface area contributed by atoms with Gasteiger partial charge in [0.05, 0.1) is 28.2 Å². The Bertz CT molecular complexity index is 736. The second-order valence-corrected chi connectivity index (χ2v) is 7.34. The fraction of sp³-hybridized carbons (Fsp3) is 0.600. The van der Waals surface area contributed by atoms with Crippen molar-refractivity contribution < 1.29 is 4.79 Å². The third kappa shape index (κ3) is 2.83. The second kappa shape index (κ2) is 5.92. The van der Waals surface area contributed by atoms with Crippen molar-refractivity contribution in [2.45, 2.75) is 58.2 Å². The molecule has 0 spiro atoms. The van der Waals surface area contributed by atoms with Gasteiger partial charge in [0.2, 0.25) is 0 Å². The summed E-state index contributed by atoms with van der Waals surface area (Å²) in [7, 11) is 0. The Morgan fingerprint density at radius 2 is 2.26 bits per heavy atom. The minimum absolute atomic E-state index is 0.0778. The summed E-state index contributed by atoms with van der Waals surface area (Å²) >= 11 is 1.69. The Balaban J connectivity index is 1.37. The van der Waals surface area contributed by atoms with Crippen LogP contribution < -0.4 is 10.6 Å². The highest BCUT2D eigenvalue weighted by Crippen LogP contribution is 2.33. The third-order valence-electron chi connectivity index (χ3n) is 4.46. The lowest BCUT2D eigenvalue weighted by molar-refractivity contribution is 0.235. The van der Waals surface area contributed by atoms with Gasteiger partial charge in [0.1, 0.15) is 5.82 Å². The molecule has 1 atom stereocenters. The predicted molar refractivity (Wildman–Crippen MR) is 86.2 cm³/mol.